The number of hydrogen-bond donors (Lipinski definition) is 0. The Labute approximate surface area is 70.2 Å². The molecule has 0 saturated carbocycles. The van der Waals surface area contributed by atoms with Crippen LogP contribution in [-0.2, 0) is 0 Å². The molecule has 0 aliphatic carbocycles. The molecule has 0 bridgehead atoms. The first kappa shape index (κ1) is 6.48. The molecule has 0 atom stereocenters. The van der Waals surface area contributed by atoms with Crippen molar-refractivity contribution in [1.82, 2.24) is 0 Å². The Morgan fingerprint density at radius 1 is 1.20 bits per heavy atom. The van der Waals surface area contributed by atoms with Crippen LogP contribution in [0.4, 0.5) is 0 Å². The number of fused-ring (bicyclic) bond motifs is 1. The number of rotatable bonds is 0. The summed E-state index contributed by atoms with van der Waals surface area (Å²) in [6.45, 7) is 0. The van der Waals surface area contributed by atoms with Crippen LogP contribution in [0.15, 0.2) is 29.2 Å². The molecule has 0 spiro atoms. The summed E-state index contributed by atoms with van der Waals surface area (Å²) in [6, 6.07) is 8.19. The normalized spacial score (nSPS) is 10.5. The molecular formula is C8H5ClSe. The van der Waals surface area contributed by atoms with Gasteiger partial charge >= 0.3 is 70.0 Å². The van der Waals surface area contributed by atoms with Gasteiger partial charge in [0, 0.05) is 0 Å². The van der Waals surface area contributed by atoms with Crippen molar-refractivity contribution in [2.45, 2.75) is 0 Å². The Hall–Kier alpha value is -0.231. The summed E-state index contributed by atoms with van der Waals surface area (Å²) in [6.07, 6.45) is 0. The van der Waals surface area contributed by atoms with Crippen molar-refractivity contribution in [2.24, 2.45) is 0 Å². The van der Waals surface area contributed by atoms with Crippen LogP contribution in [0.25, 0.3) is 9.65 Å². The van der Waals surface area contributed by atoms with Crippen molar-refractivity contribution in [3.8, 4) is 0 Å². The Morgan fingerprint density at radius 2 is 2.10 bits per heavy atom. The molecule has 1 aromatic carbocycles. The molecule has 2 rings (SSSR count). The summed E-state index contributed by atoms with van der Waals surface area (Å²) in [5.74, 6) is 0. The fourth-order valence-corrected chi connectivity index (χ4v) is 3.06. The van der Waals surface area contributed by atoms with Crippen LogP contribution in [0.3, 0.4) is 0 Å². The molecular weight excluding hydrogens is 211 g/mol. The molecule has 0 N–H and O–H groups in total. The van der Waals surface area contributed by atoms with E-state index in [2.05, 4.69) is 17.1 Å². The van der Waals surface area contributed by atoms with E-state index in [4.69, 9.17) is 11.6 Å². The van der Waals surface area contributed by atoms with Gasteiger partial charge < -0.3 is 0 Å². The maximum absolute atomic E-state index is 5.95. The van der Waals surface area contributed by atoms with Gasteiger partial charge in [-0.1, -0.05) is 0 Å². The van der Waals surface area contributed by atoms with Crippen molar-refractivity contribution in [1.29, 1.82) is 0 Å². The van der Waals surface area contributed by atoms with E-state index in [9.17, 15) is 0 Å². The molecule has 0 unspecified atom stereocenters. The van der Waals surface area contributed by atoms with Crippen LogP contribution in [0, 0.1) is 0 Å². The van der Waals surface area contributed by atoms with E-state index >= 15 is 0 Å². The van der Waals surface area contributed by atoms with Crippen molar-refractivity contribution in [3.05, 3.63) is 34.2 Å². The van der Waals surface area contributed by atoms with E-state index in [1.54, 1.807) is 0 Å². The van der Waals surface area contributed by atoms with Crippen molar-refractivity contribution < 1.29 is 0 Å². The van der Waals surface area contributed by atoms with E-state index in [0.29, 0.717) is 14.5 Å². The van der Waals surface area contributed by atoms with E-state index in [-0.39, 0.29) is 0 Å². The van der Waals surface area contributed by atoms with Gasteiger partial charge in [-0.15, -0.1) is 0 Å². The van der Waals surface area contributed by atoms with Gasteiger partial charge in [0.15, 0.2) is 0 Å². The van der Waals surface area contributed by atoms with Crippen molar-refractivity contribution in [3.63, 3.8) is 0 Å². The fraction of sp³-hybridized carbons (Fsp3) is 0. The average Bonchev–Trinajstić information content (AvgIpc) is 2.36. The predicted octanol–water partition coefficient (Wildman–Crippen LogP) is 2.55. The van der Waals surface area contributed by atoms with Crippen LogP contribution in [0.1, 0.15) is 0 Å². The fourth-order valence-electron chi connectivity index (χ4n) is 0.956. The Morgan fingerprint density at radius 3 is 2.90 bits per heavy atom. The first-order valence-corrected chi connectivity index (χ1v) is 5.22. The summed E-state index contributed by atoms with van der Waals surface area (Å²) in [7, 11) is 0. The summed E-state index contributed by atoms with van der Waals surface area (Å²) < 4.78 is 1.33. The molecule has 0 aliphatic heterocycles. The monoisotopic (exact) mass is 216 g/mol. The molecule has 0 aliphatic rings. The molecule has 50 valence electrons. The molecule has 1 heterocycles. The minimum atomic E-state index is 0.480. The second kappa shape index (κ2) is 2.43. The SMILES string of the molecule is Clc1cccc2cc[se]c12. The van der Waals surface area contributed by atoms with Crippen molar-refractivity contribution in [2.75, 3.05) is 0 Å². The number of halogens is 1. The molecule has 0 fully saturated rings. The summed E-state index contributed by atoms with van der Waals surface area (Å²) in [4.78, 5) is 2.20. The standard InChI is InChI=1S/C8H5ClSe/c9-7-3-1-2-6-4-5-10-8(6)7/h1-5H. The molecule has 0 amide bonds. The van der Waals surface area contributed by atoms with Crippen LogP contribution in [0.5, 0.6) is 0 Å². The van der Waals surface area contributed by atoms with Crippen molar-refractivity contribution >= 4 is 35.8 Å². The summed E-state index contributed by atoms with van der Waals surface area (Å²) >= 11 is 6.43. The Bertz CT molecular complexity index is 351. The minimum absolute atomic E-state index is 0.480. The molecule has 0 saturated heterocycles. The quantitative estimate of drug-likeness (QED) is 0.593. The molecule has 2 aromatic rings. The zero-order valence-corrected chi connectivity index (χ0v) is 7.64. The maximum atomic E-state index is 5.95. The topological polar surface area (TPSA) is 0 Å². The first-order chi connectivity index (χ1) is 4.88. The van der Waals surface area contributed by atoms with E-state index in [0.717, 1.165) is 5.02 Å². The third-order valence-electron chi connectivity index (χ3n) is 1.43. The van der Waals surface area contributed by atoms with E-state index in [1.807, 2.05) is 12.1 Å². The van der Waals surface area contributed by atoms with E-state index < -0.39 is 0 Å². The molecule has 1 aromatic heterocycles. The second-order valence-corrected chi connectivity index (χ2v) is 4.41. The van der Waals surface area contributed by atoms with E-state index in [1.165, 1.54) is 9.65 Å². The third-order valence-corrected chi connectivity index (χ3v) is 4.02. The Balaban J connectivity index is 2.95. The zero-order chi connectivity index (χ0) is 6.97. The van der Waals surface area contributed by atoms with Gasteiger partial charge in [-0.3, -0.25) is 0 Å². The Kier molecular flexibility index (Phi) is 1.57. The summed E-state index contributed by atoms with van der Waals surface area (Å²) in [5, 5.41) is 2.22. The van der Waals surface area contributed by atoms with Gasteiger partial charge in [0.1, 0.15) is 0 Å². The molecule has 0 nitrogen and oxygen atoms in total. The van der Waals surface area contributed by atoms with Crippen LogP contribution in [-0.4, -0.2) is 14.5 Å². The van der Waals surface area contributed by atoms with Crippen LogP contribution in [0.2, 0.25) is 5.02 Å². The first-order valence-electron chi connectivity index (χ1n) is 2.99. The molecule has 0 radical (unpaired) electrons. The summed E-state index contributed by atoms with van der Waals surface area (Å²) in [5.41, 5.74) is 0. The van der Waals surface area contributed by atoms with Gasteiger partial charge in [-0.2, -0.15) is 0 Å². The van der Waals surface area contributed by atoms with Crippen LogP contribution >= 0.6 is 11.6 Å². The van der Waals surface area contributed by atoms with Gasteiger partial charge in [0.25, 0.3) is 0 Å². The predicted molar refractivity (Wildman–Crippen MR) is 45.9 cm³/mol. The molecule has 2 heteroatoms. The van der Waals surface area contributed by atoms with Crippen LogP contribution < -0.4 is 0 Å². The molecule has 10 heavy (non-hydrogen) atoms. The van der Waals surface area contributed by atoms with Gasteiger partial charge in [-0.05, 0) is 0 Å². The van der Waals surface area contributed by atoms with Gasteiger partial charge in [0.05, 0.1) is 0 Å². The number of benzene rings is 1. The third kappa shape index (κ3) is 0.911. The number of hydrogen-bond acceptors (Lipinski definition) is 0. The second-order valence-electron chi connectivity index (χ2n) is 2.08. The average molecular weight is 216 g/mol. The van der Waals surface area contributed by atoms with Gasteiger partial charge in [-0.25, -0.2) is 0 Å². The van der Waals surface area contributed by atoms with Gasteiger partial charge in [0.2, 0.25) is 0 Å². The zero-order valence-electron chi connectivity index (χ0n) is 5.17.